The van der Waals surface area contributed by atoms with Crippen molar-refractivity contribution in [1.29, 1.82) is 0 Å². The molecule has 5 heteroatoms. The Bertz CT molecular complexity index is 505. The van der Waals surface area contributed by atoms with E-state index in [1.165, 1.54) is 0 Å². The van der Waals surface area contributed by atoms with Gasteiger partial charge in [-0.05, 0) is 31.2 Å². The topological polar surface area (TPSA) is 55.1 Å². The summed E-state index contributed by atoms with van der Waals surface area (Å²) in [5.74, 6) is 0.292. The smallest absolute Gasteiger partial charge is 0.277 e. The Hall–Kier alpha value is -1.81. The van der Waals surface area contributed by atoms with Crippen LogP contribution in [-0.4, -0.2) is 11.1 Å². The quantitative estimate of drug-likeness (QED) is 0.872. The number of carbonyl (C=O) groups is 1. The molecular weight excluding hydrogens is 228 g/mol. The van der Waals surface area contributed by atoms with E-state index in [0.29, 0.717) is 16.5 Å². The first kappa shape index (κ1) is 10.7. The lowest BCUT2D eigenvalue weighted by atomic mass is 10.3. The average molecular weight is 237 g/mol. The van der Waals surface area contributed by atoms with Crippen molar-refractivity contribution in [2.45, 2.75) is 6.92 Å². The van der Waals surface area contributed by atoms with Gasteiger partial charge in [-0.25, -0.2) is 0 Å². The second-order valence-corrected chi connectivity index (χ2v) is 3.72. The number of benzene rings is 1. The second-order valence-electron chi connectivity index (χ2n) is 3.28. The molecule has 1 amide bonds. The summed E-state index contributed by atoms with van der Waals surface area (Å²) in [6, 6.07) is 8.40. The molecule has 0 bridgehead atoms. The van der Waals surface area contributed by atoms with E-state index in [-0.39, 0.29) is 11.6 Å². The molecule has 0 fully saturated rings. The Morgan fingerprint density at radius 1 is 1.38 bits per heavy atom. The van der Waals surface area contributed by atoms with Gasteiger partial charge in [0.1, 0.15) is 5.76 Å². The summed E-state index contributed by atoms with van der Waals surface area (Å²) in [5.41, 5.74) is 0.919. The van der Waals surface area contributed by atoms with Gasteiger partial charge in [-0.2, -0.15) is 0 Å². The van der Waals surface area contributed by atoms with Crippen molar-refractivity contribution in [1.82, 2.24) is 5.16 Å². The maximum absolute atomic E-state index is 11.6. The SMILES string of the molecule is Cc1cc(C(=O)Nc2ccc(Cl)cc2)no1. The largest absolute Gasteiger partial charge is 0.361 e. The van der Waals surface area contributed by atoms with Crippen LogP contribution in [0.2, 0.25) is 5.02 Å². The molecule has 1 N–H and O–H groups in total. The fourth-order valence-corrected chi connectivity index (χ4v) is 1.33. The maximum atomic E-state index is 11.6. The fraction of sp³-hybridized carbons (Fsp3) is 0.0909. The van der Waals surface area contributed by atoms with Crippen LogP contribution < -0.4 is 5.32 Å². The summed E-state index contributed by atoms with van der Waals surface area (Å²) in [5, 5.41) is 6.92. The number of carbonyl (C=O) groups excluding carboxylic acids is 1. The molecule has 0 aliphatic heterocycles. The van der Waals surface area contributed by atoms with Gasteiger partial charge in [-0.1, -0.05) is 16.8 Å². The Morgan fingerprint density at radius 2 is 2.06 bits per heavy atom. The van der Waals surface area contributed by atoms with E-state index >= 15 is 0 Å². The van der Waals surface area contributed by atoms with Crippen LogP contribution in [0.3, 0.4) is 0 Å². The lowest BCUT2D eigenvalue weighted by molar-refractivity contribution is 0.101. The summed E-state index contributed by atoms with van der Waals surface area (Å²) < 4.78 is 4.81. The van der Waals surface area contributed by atoms with Gasteiger partial charge in [-0.15, -0.1) is 0 Å². The van der Waals surface area contributed by atoms with Gasteiger partial charge in [0, 0.05) is 16.8 Å². The Morgan fingerprint density at radius 3 is 2.62 bits per heavy atom. The fourth-order valence-electron chi connectivity index (χ4n) is 1.20. The van der Waals surface area contributed by atoms with E-state index in [9.17, 15) is 4.79 Å². The Labute approximate surface area is 97.2 Å². The van der Waals surface area contributed by atoms with Gasteiger partial charge >= 0.3 is 0 Å². The van der Waals surface area contributed by atoms with E-state index in [2.05, 4.69) is 10.5 Å². The van der Waals surface area contributed by atoms with Gasteiger partial charge < -0.3 is 9.84 Å². The number of anilines is 1. The first-order chi connectivity index (χ1) is 7.65. The lowest BCUT2D eigenvalue weighted by Gasteiger charge is -2.01. The normalized spacial score (nSPS) is 10.1. The molecule has 0 atom stereocenters. The third-order valence-corrected chi connectivity index (χ3v) is 2.21. The minimum absolute atomic E-state index is 0.257. The van der Waals surface area contributed by atoms with Crippen molar-refractivity contribution >= 4 is 23.2 Å². The molecular formula is C11H9ClN2O2. The molecule has 2 rings (SSSR count). The van der Waals surface area contributed by atoms with Crippen LogP contribution in [0, 0.1) is 6.92 Å². The third kappa shape index (κ3) is 2.41. The lowest BCUT2D eigenvalue weighted by Crippen LogP contribution is -2.11. The van der Waals surface area contributed by atoms with Crippen LogP contribution in [0.5, 0.6) is 0 Å². The molecule has 4 nitrogen and oxygen atoms in total. The van der Waals surface area contributed by atoms with Crippen molar-refractivity contribution in [3.63, 3.8) is 0 Å². The van der Waals surface area contributed by atoms with Crippen molar-refractivity contribution in [3.05, 3.63) is 46.8 Å². The number of nitrogens with one attached hydrogen (secondary N) is 1. The predicted octanol–water partition coefficient (Wildman–Crippen LogP) is 2.89. The van der Waals surface area contributed by atoms with Crippen LogP contribution in [0.25, 0.3) is 0 Å². The summed E-state index contributed by atoms with van der Waals surface area (Å²) >= 11 is 5.73. The molecule has 1 aromatic heterocycles. The molecule has 0 saturated heterocycles. The number of halogens is 1. The van der Waals surface area contributed by atoms with E-state index in [0.717, 1.165) is 0 Å². The van der Waals surface area contributed by atoms with E-state index in [1.807, 2.05) is 0 Å². The number of rotatable bonds is 2. The second kappa shape index (κ2) is 4.37. The summed E-state index contributed by atoms with van der Waals surface area (Å²) in [6.07, 6.45) is 0. The van der Waals surface area contributed by atoms with Gasteiger partial charge in [-0.3, -0.25) is 4.79 Å². The Balaban J connectivity index is 2.10. The van der Waals surface area contributed by atoms with Crippen LogP contribution in [0.15, 0.2) is 34.9 Å². The molecule has 0 aliphatic rings. The number of amides is 1. The number of nitrogens with zero attached hydrogens (tertiary/aromatic N) is 1. The van der Waals surface area contributed by atoms with Crippen LogP contribution >= 0.6 is 11.6 Å². The molecule has 0 aliphatic carbocycles. The number of aromatic nitrogens is 1. The van der Waals surface area contributed by atoms with E-state index in [1.54, 1.807) is 37.3 Å². The van der Waals surface area contributed by atoms with Gasteiger partial charge in [0.25, 0.3) is 5.91 Å². The molecule has 0 spiro atoms. The van der Waals surface area contributed by atoms with Gasteiger partial charge in [0.05, 0.1) is 0 Å². The van der Waals surface area contributed by atoms with Gasteiger partial charge in [0.15, 0.2) is 5.69 Å². The van der Waals surface area contributed by atoms with Crippen LogP contribution in [-0.2, 0) is 0 Å². The Kier molecular flexibility index (Phi) is 2.92. The number of hydrogen-bond donors (Lipinski definition) is 1. The van der Waals surface area contributed by atoms with Crippen molar-refractivity contribution in [2.75, 3.05) is 5.32 Å². The monoisotopic (exact) mass is 236 g/mol. The first-order valence-electron chi connectivity index (χ1n) is 4.65. The highest BCUT2D eigenvalue weighted by atomic mass is 35.5. The molecule has 2 aromatic rings. The standard InChI is InChI=1S/C11H9ClN2O2/c1-7-6-10(14-16-7)11(15)13-9-4-2-8(12)3-5-9/h2-6H,1H3,(H,13,15). The summed E-state index contributed by atoms with van der Waals surface area (Å²) in [4.78, 5) is 11.6. The molecule has 82 valence electrons. The van der Waals surface area contributed by atoms with Crippen molar-refractivity contribution in [2.24, 2.45) is 0 Å². The first-order valence-corrected chi connectivity index (χ1v) is 5.03. The van der Waals surface area contributed by atoms with E-state index < -0.39 is 0 Å². The number of hydrogen-bond acceptors (Lipinski definition) is 3. The molecule has 1 heterocycles. The number of aryl methyl sites for hydroxylation is 1. The summed E-state index contributed by atoms with van der Waals surface area (Å²) in [6.45, 7) is 1.73. The maximum Gasteiger partial charge on any atom is 0.277 e. The third-order valence-electron chi connectivity index (χ3n) is 1.96. The zero-order valence-electron chi connectivity index (χ0n) is 8.53. The average Bonchev–Trinajstić information content (AvgIpc) is 2.68. The minimum Gasteiger partial charge on any atom is -0.361 e. The zero-order valence-corrected chi connectivity index (χ0v) is 9.28. The van der Waals surface area contributed by atoms with E-state index in [4.69, 9.17) is 16.1 Å². The summed E-state index contributed by atoms with van der Waals surface area (Å²) in [7, 11) is 0. The minimum atomic E-state index is -0.306. The van der Waals surface area contributed by atoms with Crippen LogP contribution in [0.1, 0.15) is 16.2 Å². The van der Waals surface area contributed by atoms with Crippen molar-refractivity contribution in [3.8, 4) is 0 Å². The van der Waals surface area contributed by atoms with Crippen LogP contribution in [0.4, 0.5) is 5.69 Å². The molecule has 0 saturated carbocycles. The highest BCUT2D eigenvalue weighted by Crippen LogP contribution is 2.14. The highest BCUT2D eigenvalue weighted by molar-refractivity contribution is 6.30. The molecule has 16 heavy (non-hydrogen) atoms. The van der Waals surface area contributed by atoms with Gasteiger partial charge in [0.2, 0.25) is 0 Å². The predicted molar refractivity (Wildman–Crippen MR) is 60.6 cm³/mol. The zero-order chi connectivity index (χ0) is 11.5. The molecule has 1 aromatic carbocycles. The molecule has 0 radical (unpaired) electrons. The molecule has 0 unspecified atom stereocenters. The highest BCUT2D eigenvalue weighted by Gasteiger charge is 2.10. The van der Waals surface area contributed by atoms with Crippen molar-refractivity contribution < 1.29 is 9.32 Å².